The number of fused-ring (bicyclic) bond motifs is 2. The highest BCUT2D eigenvalue weighted by Crippen LogP contribution is 2.27. The number of aryl methyl sites for hydroxylation is 1. The Morgan fingerprint density at radius 1 is 0.826 bits per heavy atom. The van der Waals surface area contributed by atoms with Crippen molar-refractivity contribution in [2.45, 2.75) is 57.9 Å². The molecule has 1 aromatic carbocycles. The standard InChI is InChI=1S/C20H24N2.BrH/c21-20-16-9-4-5-11-18(16)22(19-12-6-10-17(19)20)14-13-15-7-2-1-3-8-15;/h1-3,7-8,21H,4-6,9-14H2;1H. The molecule has 2 aromatic rings. The summed E-state index contributed by atoms with van der Waals surface area (Å²) >= 11 is 0. The second kappa shape index (κ2) is 7.04. The van der Waals surface area contributed by atoms with Crippen LogP contribution in [0.1, 0.15) is 47.3 Å². The number of nitrogens with one attached hydrogen (secondary N) is 1. The predicted molar refractivity (Wildman–Crippen MR) is 99.4 cm³/mol. The van der Waals surface area contributed by atoms with Crippen molar-refractivity contribution in [3.8, 4) is 0 Å². The largest absolute Gasteiger partial charge is 0.348 e. The van der Waals surface area contributed by atoms with E-state index < -0.39 is 0 Å². The van der Waals surface area contributed by atoms with E-state index in [1.807, 2.05) is 0 Å². The quantitative estimate of drug-likeness (QED) is 0.837. The zero-order valence-corrected chi connectivity index (χ0v) is 15.3. The molecular formula is C20H25BrN2. The van der Waals surface area contributed by atoms with Gasteiger partial charge in [0, 0.05) is 17.9 Å². The fraction of sp³-hybridized carbons (Fsp3) is 0.450. The summed E-state index contributed by atoms with van der Waals surface area (Å²) < 4.78 is 2.60. The zero-order chi connectivity index (χ0) is 14.9. The lowest BCUT2D eigenvalue weighted by Crippen LogP contribution is -2.28. The Hall–Kier alpha value is -1.35. The van der Waals surface area contributed by atoms with Gasteiger partial charge in [0.15, 0.2) is 0 Å². The van der Waals surface area contributed by atoms with Gasteiger partial charge in [0.25, 0.3) is 0 Å². The molecule has 1 aromatic heterocycles. The van der Waals surface area contributed by atoms with Crippen molar-refractivity contribution in [3.05, 3.63) is 63.8 Å². The van der Waals surface area contributed by atoms with Crippen molar-refractivity contribution in [1.82, 2.24) is 4.57 Å². The summed E-state index contributed by atoms with van der Waals surface area (Å²) in [4.78, 5) is 0. The summed E-state index contributed by atoms with van der Waals surface area (Å²) in [5, 5.41) is 9.47. The van der Waals surface area contributed by atoms with Gasteiger partial charge < -0.3 is 9.98 Å². The fourth-order valence-electron chi connectivity index (χ4n) is 4.25. The van der Waals surface area contributed by atoms with Gasteiger partial charge >= 0.3 is 0 Å². The van der Waals surface area contributed by atoms with E-state index in [-0.39, 0.29) is 17.0 Å². The molecule has 3 heteroatoms. The minimum Gasteiger partial charge on any atom is -0.348 e. The first kappa shape index (κ1) is 16.5. The van der Waals surface area contributed by atoms with E-state index in [9.17, 15) is 0 Å². The Balaban J connectivity index is 0.00000156. The number of hydrogen-bond acceptors (Lipinski definition) is 1. The first-order valence-corrected chi connectivity index (χ1v) is 8.69. The third kappa shape index (κ3) is 3.03. The molecule has 0 bridgehead atoms. The van der Waals surface area contributed by atoms with E-state index in [1.165, 1.54) is 60.2 Å². The molecule has 0 fully saturated rings. The number of rotatable bonds is 3. The van der Waals surface area contributed by atoms with Crippen molar-refractivity contribution in [3.63, 3.8) is 0 Å². The number of pyridine rings is 1. The summed E-state index contributed by atoms with van der Waals surface area (Å²) in [5.41, 5.74) is 7.09. The van der Waals surface area contributed by atoms with Crippen LogP contribution in [-0.2, 0) is 38.6 Å². The summed E-state index contributed by atoms with van der Waals surface area (Å²) in [6, 6.07) is 10.8. The van der Waals surface area contributed by atoms with E-state index >= 15 is 0 Å². The van der Waals surface area contributed by atoms with Crippen LogP contribution in [0.15, 0.2) is 30.3 Å². The zero-order valence-electron chi connectivity index (χ0n) is 13.6. The number of aromatic nitrogens is 1. The number of nitrogens with zero attached hydrogens (tertiary/aromatic N) is 1. The fourth-order valence-corrected chi connectivity index (χ4v) is 4.25. The average Bonchev–Trinajstić information content (AvgIpc) is 3.06. The highest BCUT2D eigenvalue weighted by Gasteiger charge is 2.24. The molecule has 0 saturated carbocycles. The predicted octanol–water partition coefficient (Wildman–Crippen LogP) is 4.16. The number of halogens is 1. The average molecular weight is 373 g/mol. The Labute approximate surface area is 148 Å². The molecule has 1 heterocycles. The van der Waals surface area contributed by atoms with Gasteiger partial charge in [-0.3, -0.25) is 0 Å². The molecule has 0 atom stereocenters. The second-order valence-electron chi connectivity index (χ2n) is 6.67. The molecule has 2 aliphatic rings. The van der Waals surface area contributed by atoms with Gasteiger partial charge in [0.05, 0.1) is 5.36 Å². The van der Waals surface area contributed by atoms with Crippen LogP contribution in [0.25, 0.3) is 0 Å². The van der Waals surface area contributed by atoms with Crippen LogP contribution in [0, 0.1) is 5.41 Å². The third-order valence-corrected chi connectivity index (χ3v) is 5.35. The van der Waals surface area contributed by atoms with Crippen molar-refractivity contribution in [1.29, 1.82) is 5.41 Å². The Morgan fingerprint density at radius 2 is 1.43 bits per heavy atom. The van der Waals surface area contributed by atoms with Crippen LogP contribution in [-0.4, -0.2) is 4.57 Å². The summed E-state index contributed by atoms with van der Waals surface area (Å²) in [5.74, 6) is 0. The molecule has 0 aliphatic heterocycles. The van der Waals surface area contributed by atoms with Crippen LogP contribution < -0.4 is 5.36 Å². The molecule has 1 N–H and O–H groups in total. The van der Waals surface area contributed by atoms with Crippen LogP contribution in [0.3, 0.4) is 0 Å². The highest BCUT2D eigenvalue weighted by molar-refractivity contribution is 8.93. The maximum absolute atomic E-state index is 8.59. The topological polar surface area (TPSA) is 28.8 Å². The molecule has 0 amide bonds. The third-order valence-electron chi connectivity index (χ3n) is 5.35. The maximum Gasteiger partial charge on any atom is 0.0638 e. The maximum atomic E-state index is 8.59. The van der Waals surface area contributed by atoms with Crippen LogP contribution in [0.2, 0.25) is 0 Å². The van der Waals surface area contributed by atoms with E-state index in [1.54, 1.807) is 0 Å². The summed E-state index contributed by atoms with van der Waals surface area (Å²) in [6.07, 6.45) is 9.45. The minimum atomic E-state index is 0. The van der Waals surface area contributed by atoms with Gasteiger partial charge in [0.2, 0.25) is 0 Å². The normalized spacial score (nSPS) is 15.7. The molecule has 0 radical (unpaired) electrons. The highest BCUT2D eigenvalue weighted by atomic mass is 79.9. The van der Waals surface area contributed by atoms with Crippen molar-refractivity contribution in [2.75, 3.05) is 0 Å². The number of benzene rings is 1. The summed E-state index contributed by atoms with van der Waals surface area (Å²) in [6.45, 7) is 1.08. The summed E-state index contributed by atoms with van der Waals surface area (Å²) in [7, 11) is 0. The van der Waals surface area contributed by atoms with Gasteiger partial charge in [-0.25, -0.2) is 0 Å². The molecule has 2 aliphatic carbocycles. The van der Waals surface area contributed by atoms with E-state index in [0.717, 1.165) is 31.2 Å². The van der Waals surface area contributed by atoms with Crippen molar-refractivity contribution in [2.24, 2.45) is 0 Å². The lowest BCUT2D eigenvalue weighted by Gasteiger charge is -2.26. The first-order chi connectivity index (χ1) is 10.8. The molecule has 2 nitrogen and oxygen atoms in total. The molecule has 4 rings (SSSR count). The van der Waals surface area contributed by atoms with E-state index in [2.05, 4.69) is 34.9 Å². The minimum absolute atomic E-state index is 0. The Morgan fingerprint density at radius 3 is 2.17 bits per heavy atom. The molecule has 122 valence electrons. The smallest absolute Gasteiger partial charge is 0.0638 e. The number of hydrogen-bond donors (Lipinski definition) is 1. The van der Waals surface area contributed by atoms with Gasteiger partial charge in [-0.1, -0.05) is 30.3 Å². The van der Waals surface area contributed by atoms with Gasteiger partial charge in [-0.2, -0.15) is 0 Å². The first-order valence-electron chi connectivity index (χ1n) is 8.69. The van der Waals surface area contributed by atoms with Crippen molar-refractivity contribution < 1.29 is 0 Å². The van der Waals surface area contributed by atoms with E-state index in [0.29, 0.717) is 0 Å². The van der Waals surface area contributed by atoms with Crippen molar-refractivity contribution >= 4 is 17.0 Å². The second-order valence-corrected chi connectivity index (χ2v) is 6.67. The molecule has 23 heavy (non-hydrogen) atoms. The lowest BCUT2D eigenvalue weighted by molar-refractivity contribution is 0.562. The van der Waals surface area contributed by atoms with Gasteiger partial charge in [-0.15, -0.1) is 17.0 Å². The van der Waals surface area contributed by atoms with Crippen LogP contribution in [0.5, 0.6) is 0 Å². The SMILES string of the molecule is Br.N=c1c2c(n(CCc3ccccc3)c3c1CCC3)CCCC2. The Bertz CT molecular complexity index is 746. The van der Waals surface area contributed by atoms with E-state index in [4.69, 9.17) is 5.41 Å². The van der Waals surface area contributed by atoms with Gasteiger partial charge in [-0.05, 0) is 68.1 Å². The van der Waals surface area contributed by atoms with Crippen LogP contribution in [0.4, 0.5) is 0 Å². The lowest BCUT2D eigenvalue weighted by atomic mass is 9.92. The molecule has 0 unspecified atom stereocenters. The van der Waals surface area contributed by atoms with Gasteiger partial charge in [0.1, 0.15) is 0 Å². The molecule has 0 spiro atoms. The molecular weight excluding hydrogens is 348 g/mol. The molecule has 0 saturated heterocycles. The monoisotopic (exact) mass is 372 g/mol. The van der Waals surface area contributed by atoms with Crippen LogP contribution >= 0.6 is 17.0 Å². The Kier molecular flexibility index (Phi) is 5.05.